The van der Waals surface area contributed by atoms with Crippen molar-refractivity contribution >= 4 is 10.0 Å². The van der Waals surface area contributed by atoms with Gasteiger partial charge in [-0.2, -0.15) is 0 Å². The molecule has 0 bridgehead atoms. The van der Waals surface area contributed by atoms with Gasteiger partial charge in [0, 0.05) is 30.7 Å². The van der Waals surface area contributed by atoms with Gasteiger partial charge in [-0.1, -0.05) is 35.5 Å². The first kappa shape index (κ1) is 18.9. The van der Waals surface area contributed by atoms with E-state index in [0.29, 0.717) is 29.4 Å². The molecule has 0 aliphatic heterocycles. The van der Waals surface area contributed by atoms with Gasteiger partial charge >= 0.3 is 0 Å². The molecule has 27 heavy (non-hydrogen) atoms. The summed E-state index contributed by atoms with van der Waals surface area (Å²) in [4.78, 5) is 0.102. The molecule has 0 amide bonds. The Balaban J connectivity index is 1.64. The van der Waals surface area contributed by atoms with Crippen molar-refractivity contribution in [2.75, 3.05) is 20.8 Å². The van der Waals surface area contributed by atoms with Crippen LogP contribution in [0.2, 0.25) is 0 Å². The second-order valence-corrected chi connectivity index (χ2v) is 7.48. The molecule has 7 nitrogen and oxygen atoms in total. The standard InChI is InChI=1S/C19H20N2O5S/c1-24-17-9-8-16(13-19(17)25-2)27(22,23)20-11-10-15-12-18(26-21-15)14-6-4-3-5-7-14/h3-9,12-13,20H,10-11H2,1-2H3. The Hall–Kier alpha value is -2.84. The maximum absolute atomic E-state index is 12.5. The average molecular weight is 388 g/mol. The molecule has 1 heterocycles. The summed E-state index contributed by atoms with van der Waals surface area (Å²) in [5.74, 6) is 1.46. The molecule has 0 aliphatic carbocycles. The summed E-state index contributed by atoms with van der Waals surface area (Å²) >= 11 is 0. The van der Waals surface area contributed by atoms with E-state index in [1.165, 1.54) is 26.4 Å². The van der Waals surface area contributed by atoms with Gasteiger partial charge in [-0.15, -0.1) is 0 Å². The number of benzene rings is 2. The van der Waals surface area contributed by atoms with E-state index in [9.17, 15) is 8.42 Å². The largest absolute Gasteiger partial charge is 0.493 e. The number of nitrogens with one attached hydrogen (secondary N) is 1. The van der Waals surface area contributed by atoms with Gasteiger partial charge in [-0.3, -0.25) is 0 Å². The third kappa shape index (κ3) is 4.47. The van der Waals surface area contributed by atoms with Crippen LogP contribution in [0.4, 0.5) is 0 Å². The number of aromatic nitrogens is 1. The van der Waals surface area contributed by atoms with Crippen LogP contribution in [0.15, 0.2) is 64.0 Å². The molecule has 0 aliphatic rings. The molecule has 2 aromatic carbocycles. The molecule has 3 rings (SSSR count). The molecular formula is C19H20N2O5S. The summed E-state index contributed by atoms with van der Waals surface area (Å²) in [6.45, 7) is 0.192. The fourth-order valence-corrected chi connectivity index (χ4v) is 3.60. The molecular weight excluding hydrogens is 368 g/mol. The highest BCUT2D eigenvalue weighted by Gasteiger charge is 2.17. The van der Waals surface area contributed by atoms with Crippen LogP contribution >= 0.6 is 0 Å². The van der Waals surface area contributed by atoms with Crippen molar-refractivity contribution in [3.63, 3.8) is 0 Å². The third-order valence-corrected chi connectivity index (χ3v) is 5.41. The Kier molecular flexibility index (Phi) is 5.78. The van der Waals surface area contributed by atoms with Gasteiger partial charge in [-0.25, -0.2) is 13.1 Å². The van der Waals surface area contributed by atoms with Gasteiger partial charge in [0.1, 0.15) is 0 Å². The van der Waals surface area contributed by atoms with Crippen LogP contribution in [0.1, 0.15) is 5.69 Å². The molecule has 1 N–H and O–H groups in total. The lowest BCUT2D eigenvalue weighted by atomic mass is 10.1. The van der Waals surface area contributed by atoms with Crippen LogP contribution in [0.3, 0.4) is 0 Å². The topological polar surface area (TPSA) is 90.7 Å². The third-order valence-electron chi connectivity index (χ3n) is 3.96. The summed E-state index contributed by atoms with van der Waals surface area (Å²) in [7, 11) is -0.730. The van der Waals surface area contributed by atoms with Crippen molar-refractivity contribution in [3.05, 3.63) is 60.3 Å². The van der Waals surface area contributed by atoms with Gasteiger partial charge in [0.25, 0.3) is 0 Å². The molecule has 1 aromatic heterocycles. The summed E-state index contributed by atoms with van der Waals surface area (Å²) in [5.41, 5.74) is 1.59. The summed E-state index contributed by atoms with van der Waals surface area (Å²) in [5, 5.41) is 3.99. The zero-order chi connectivity index (χ0) is 19.3. The summed E-state index contributed by atoms with van der Waals surface area (Å²) in [6.07, 6.45) is 0.406. The first-order chi connectivity index (χ1) is 13.0. The van der Waals surface area contributed by atoms with E-state index in [0.717, 1.165) is 5.56 Å². The van der Waals surface area contributed by atoms with Gasteiger partial charge in [0.2, 0.25) is 10.0 Å². The fourth-order valence-electron chi connectivity index (χ4n) is 2.55. The highest BCUT2D eigenvalue weighted by molar-refractivity contribution is 7.89. The highest BCUT2D eigenvalue weighted by atomic mass is 32.2. The number of sulfonamides is 1. The SMILES string of the molecule is COc1ccc(S(=O)(=O)NCCc2cc(-c3ccccc3)on2)cc1OC. The van der Waals surface area contributed by atoms with E-state index in [1.54, 1.807) is 12.1 Å². The first-order valence-electron chi connectivity index (χ1n) is 8.26. The van der Waals surface area contributed by atoms with Crippen molar-refractivity contribution in [2.45, 2.75) is 11.3 Å². The second-order valence-electron chi connectivity index (χ2n) is 5.71. The smallest absolute Gasteiger partial charge is 0.240 e. The Bertz CT molecular complexity index is 1000. The molecule has 0 saturated carbocycles. The molecule has 0 saturated heterocycles. The van der Waals surface area contributed by atoms with Crippen LogP contribution in [0, 0.1) is 0 Å². The number of methoxy groups -OCH3 is 2. The predicted octanol–water partition coefficient (Wildman–Crippen LogP) is 2.88. The van der Waals surface area contributed by atoms with E-state index in [-0.39, 0.29) is 11.4 Å². The minimum atomic E-state index is -3.68. The summed E-state index contributed by atoms with van der Waals surface area (Å²) in [6, 6.07) is 15.8. The molecule has 0 atom stereocenters. The van der Waals surface area contributed by atoms with Crippen LogP contribution in [-0.2, 0) is 16.4 Å². The monoisotopic (exact) mass is 388 g/mol. The Morgan fingerprint density at radius 1 is 1.00 bits per heavy atom. The lowest BCUT2D eigenvalue weighted by molar-refractivity contribution is 0.354. The van der Waals surface area contributed by atoms with Gasteiger partial charge in [0.15, 0.2) is 17.3 Å². The normalized spacial score (nSPS) is 11.3. The fraction of sp³-hybridized carbons (Fsp3) is 0.211. The molecule has 0 fully saturated rings. The number of ether oxygens (including phenoxy) is 2. The second kappa shape index (κ2) is 8.24. The molecule has 0 unspecified atom stereocenters. The highest BCUT2D eigenvalue weighted by Crippen LogP contribution is 2.29. The number of rotatable bonds is 8. The van der Waals surface area contributed by atoms with Crippen LogP contribution < -0.4 is 14.2 Å². The van der Waals surface area contributed by atoms with E-state index >= 15 is 0 Å². The van der Waals surface area contributed by atoms with Crippen molar-refractivity contribution < 1.29 is 22.4 Å². The van der Waals surface area contributed by atoms with E-state index < -0.39 is 10.0 Å². The Labute approximate surface area is 158 Å². The molecule has 142 valence electrons. The molecule has 8 heteroatoms. The van der Waals surface area contributed by atoms with Gasteiger partial charge in [-0.05, 0) is 12.1 Å². The van der Waals surface area contributed by atoms with Crippen LogP contribution in [-0.4, -0.2) is 34.3 Å². The molecule has 0 radical (unpaired) electrons. The zero-order valence-corrected chi connectivity index (χ0v) is 15.8. The van der Waals surface area contributed by atoms with Crippen molar-refractivity contribution in [3.8, 4) is 22.8 Å². The lowest BCUT2D eigenvalue weighted by Gasteiger charge is -2.10. The number of nitrogens with zero attached hydrogens (tertiary/aromatic N) is 1. The maximum atomic E-state index is 12.5. The quantitative estimate of drug-likeness (QED) is 0.638. The Morgan fingerprint density at radius 3 is 2.44 bits per heavy atom. The van der Waals surface area contributed by atoms with Crippen molar-refractivity contribution in [2.24, 2.45) is 0 Å². The lowest BCUT2D eigenvalue weighted by Crippen LogP contribution is -2.26. The average Bonchev–Trinajstić information content (AvgIpc) is 3.17. The Morgan fingerprint density at radius 2 is 1.74 bits per heavy atom. The zero-order valence-electron chi connectivity index (χ0n) is 15.0. The molecule has 0 spiro atoms. The van der Waals surface area contributed by atoms with Gasteiger partial charge in [0.05, 0.1) is 24.8 Å². The predicted molar refractivity (Wildman–Crippen MR) is 100 cm³/mol. The van der Waals surface area contributed by atoms with Crippen molar-refractivity contribution in [1.29, 1.82) is 0 Å². The van der Waals surface area contributed by atoms with Crippen molar-refractivity contribution in [1.82, 2.24) is 9.88 Å². The van der Waals surface area contributed by atoms with E-state index in [2.05, 4.69) is 9.88 Å². The van der Waals surface area contributed by atoms with E-state index in [1.807, 2.05) is 30.3 Å². The van der Waals surface area contributed by atoms with E-state index in [4.69, 9.17) is 14.0 Å². The first-order valence-corrected chi connectivity index (χ1v) is 9.74. The van der Waals surface area contributed by atoms with Crippen LogP contribution in [0.25, 0.3) is 11.3 Å². The molecule has 3 aromatic rings. The summed E-state index contributed by atoms with van der Waals surface area (Å²) < 4.78 is 43.1. The number of hydrogen-bond donors (Lipinski definition) is 1. The van der Waals surface area contributed by atoms with Gasteiger partial charge < -0.3 is 14.0 Å². The van der Waals surface area contributed by atoms with Crippen LogP contribution in [0.5, 0.6) is 11.5 Å². The number of hydrogen-bond acceptors (Lipinski definition) is 6. The minimum absolute atomic E-state index is 0.102. The maximum Gasteiger partial charge on any atom is 0.240 e. The minimum Gasteiger partial charge on any atom is -0.493 e.